The van der Waals surface area contributed by atoms with Gasteiger partial charge in [0.15, 0.2) is 0 Å². The average Bonchev–Trinajstić information content (AvgIpc) is 3.08. The van der Waals surface area contributed by atoms with Gasteiger partial charge >= 0.3 is 0 Å². The maximum atomic E-state index is 12.2. The number of sulfone groups is 1. The summed E-state index contributed by atoms with van der Waals surface area (Å²) in [5.74, 6) is -0.0953. The number of carbonyl (C=O) groups is 1. The predicted octanol–water partition coefficient (Wildman–Crippen LogP) is 1.64. The molecule has 19 heavy (non-hydrogen) atoms. The SMILES string of the molecule is CS(=O)(=O)CCNC(=O)C1(c2cccc(Br)c2)CC1. The van der Waals surface area contributed by atoms with E-state index < -0.39 is 15.3 Å². The van der Waals surface area contributed by atoms with Crippen LogP contribution in [0.1, 0.15) is 18.4 Å². The number of nitrogens with one attached hydrogen (secondary N) is 1. The van der Waals surface area contributed by atoms with Crippen molar-refractivity contribution >= 4 is 31.7 Å². The molecule has 0 heterocycles. The van der Waals surface area contributed by atoms with Crippen molar-refractivity contribution in [2.75, 3.05) is 18.6 Å². The predicted molar refractivity (Wildman–Crippen MR) is 77.8 cm³/mol. The van der Waals surface area contributed by atoms with Crippen molar-refractivity contribution in [3.63, 3.8) is 0 Å². The van der Waals surface area contributed by atoms with E-state index in [9.17, 15) is 13.2 Å². The molecule has 0 bridgehead atoms. The number of carbonyl (C=O) groups excluding carboxylic acids is 1. The van der Waals surface area contributed by atoms with Gasteiger partial charge < -0.3 is 5.32 Å². The van der Waals surface area contributed by atoms with Gasteiger partial charge in [0.25, 0.3) is 0 Å². The summed E-state index contributed by atoms with van der Waals surface area (Å²) < 4.78 is 23.0. The average molecular weight is 346 g/mol. The molecule has 0 spiro atoms. The first-order chi connectivity index (χ1) is 8.83. The normalized spacial score (nSPS) is 16.9. The fourth-order valence-corrected chi connectivity index (χ4v) is 2.95. The van der Waals surface area contributed by atoms with Gasteiger partial charge in [0.05, 0.1) is 11.2 Å². The highest BCUT2D eigenvalue weighted by molar-refractivity contribution is 9.10. The topological polar surface area (TPSA) is 63.2 Å². The van der Waals surface area contributed by atoms with Crippen LogP contribution in [0.2, 0.25) is 0 Å². The second-order valence-corrected chi connectivity index (χ2v) is 8.15. The van der Waals surface area contributed by atoms with Crippen LogP contribution in [0.4, 0.5) is 0 Å². The number of benzene rings is 1. The summed E-state index contributed by atoms with van der Waals surface area (Å²) >= 11 is 3.40. The Morgan fingerprint density at radius 2 is 2.11 bits per heavy atom. The molecule has 104 valence electrons. The zero-order chi connectivity index (χ0) is 14.1. The van der Waals surface area contributed by atoms with Gasteiger partial charge in [-0.3, -0.25) is 4.79 Å². The van der Waals surface area contributed by atoms with E-state index in [4.69, 9.17) is 0 Å². The lowest BCUT2D eigenvalue weighted by atomic mass is 9.95. The Hall–Kier alpha value is -0.880. The molecule has 1 aliphatic rings. The maximum absolute atomic E-state index is 12.2. The summed E-state index contributed by atoms with van der Waals surface area (Å²) in [4.78, 5) is 12.2. The smallest absolute Gasteiger partial charge is 0.230 e. The monoisotopic (exact) mass is 345 g/mol. The van der Waals surface area contributed by atoms with Crippen LogP contribution in [-0.4, -0.2) is 32.9 Å². The van der Waals surface area contributed by atoms with Gasteiger partial charge in [-0.1, -0.05) is 28.1 Å². The Bertz CT molecular complexity index is 594. The number of hydrogen-bond acceptors (Lipinski definition) is 3. The van der Waals surface area contributed by atoms with Crippen molar-refractivity contribution in [3.8, 4) is 0 Å². The van der Waals surface area contributed by atoms with Crippen LogP contribution in [0, 0.1) is 0 Å². The molecule has 4 nitrogen and oxygen atoms in total. The van der Waals surface area contributed by atoms with Gasteiger partial charge in [-0.05, 0) is 30.5 Å². The highest BCUT2D eigenvalue weighted by Crippen LogP contribution is 2.48. The molecular weight excluding hydrogens is 330 g/mol. The molecule has 0 atom stereocenters. The number of amides is 1. The first-order valence-corrected chi connectivity index (χ1v) is 8.91. The third-order valence-corrected chi connectivity index (χ3v) is 4.76. The van der Waals surface area contributed by atoms with Crippen LogP contribution in [0.3, 0.4) is 0 Å². The summed E-state index contributed by atoms with van der Waals surface area (Å²) in [5.41, 5.74) is 0.528. The van der Waals surface area contributed by atoms with Crippen LogP contribution in [0.15, 0.2) is 28.7 Å². The Labute approximate surface area is 121 Å². The molecule has 2 rings (SSSR count). The molecule has 6 heteroatoms. The molecule has 0 radical (unpaired) electrons. The zero-order valence-electron chi connectivity index (χ0n) is 10.6. The van der Waals surface area contributed by atoms with E-state index in [0.29, 0.717) is 0 Å². The quantitative estimate of drug-likeness (QED) is 0.882. The van der Waals surface area contributed by atoms with Gasteiger partial charge in [-0.25, -0.2) is 8.42 Å². The molecule has 1 aromatic rings. The number of hydrogen-bond donors (Lipinski definition) is 1. The number of rotatable bonds is 5. The Morgan fingerprint density at radius 1 is 1.42 bits per heavy atom. The minimum absolute atomic E-state index is 0.0205. The standard InChI is InChI=1S/C13H16BrNO3S/c1-19(17,18)8-7-15-12(16)13(5-6-13)10-3-2-4-11(14)9-10/h2-4,9H,5-8H2,1H3,(H,15,16). The van der Waals surface area contributed by atoms with Crippen LogP contribution in [-0.2, 0) is 20.0 Å². The van der Waals surface area contributed by atoms with E-state index in [1.54, 1.807) is 0 Å². The molecule has 1 aliphatic carbocycles. The molecule has 0 saturated heterocycles. The first kappa shape index (κ1) is 14.5. The summed E-state index contributed by atoms with van der Waals surface area (Å²) in [5, 5.41) is 2.73. The van der Waals surface area contributed by atoms with E-state index in [1.807, 2.05) is 24.3 Å². The zero-order valence-corrected chi connectivity index (χ0v) is 13.1. The molecule has 0 aromatic heterocycles. The van der Waals surface area contributed by atoms with E-state index in [1.165, 1.54) is 6.26 Å². The maximum Gasteiger partial charge on any atom is 0.230 e. The third kappa shape index (κ3) is 3.57. The Morgan fingerprint density at radius 3 is 2.63 bits per heavy atom. The van der Waals surface area contributed by atoms with Crippen molar-refractivity contribution in [2.24, 2.45) is 0 Å². The number of halogens is 1. The van der Waals surface area contributed by atoms with Gasteiger partial charge in [0, 0.05) is 17.3 Å². The van der Waals surface area contributed by atoms with Crippen molar-refractivity contribution < 1.29 is 13.2 Å². The van der Waals surface area contributed by atoms with E-state index in [0.717, 1.165) is 22.9 Å². The van der Waals surface area contributed by atoms with Crippen molar-refractivity contribution in [3.05, 3.63) is 34.3 Å². The van der Waals surface area contributed by atoms with Crippen molar-refractivity contribution in [2.45, 2.75) is 18.3 Å². The van der Waals surface area contributed by atoms with E-state index in [2.05, 4.69) is 21.2 Å². The fraction of sp³-hybridized carbons (Fsp3) is 0.462. The highest BCUT2D eigenvalue weighted by Gasteiger charge is 2.51. The lowest BCUT2D eigenvalue weighted by Crippen LogP contribution is -2.37. The molecule has 1 fully saturated rings. The first-order valence-electron chi connectivity index (χ1n) is 6.06. The van der Waals surface area contributed by atoms with Crippen LogP contribution in [0.25, 0.3) is 0 Å². The van der Waals surface area contributed by atoms with Gasteiger partial charge in [-0.2, -0.15) is 0 Å². The fourth-order valence-electron chi connectivity index (χ4n) is 2.08. The summed E-state index contributed by atoms with van der Waals surface area (Å²) in [6.07, 6.45) is 2.79. The summed E-state index contributed by atoms with van der Waals surface area (Å²) in [6.45, 7) is 0.174. The Balaban J connectivity index is 2.03. The molecule has 0 aliphatic heterocycles. The van der Waals surface area contributed by atoms with Gasteiger partial charge in [-0.15, -0.1) is 0 Å². The van der Waals surface area contributed by atoms with Gasteiger partial charge in [0.1, 0.15) is 9.84 Å². The molecule has 1 aromatic carbocycles. The van der Waals surface area contributed by atoms with Gasteiger partial charge in [0.2, 0.25) is 5.91 Å². The van der Waals surface area contributed by atoms with Crippen LogP contribution >= 0.6 is 15.9 Å². The molecule has 1 amide bonds. The van der Waals surface area contributed by atoms with E-state index >= 15 is 0 Å². The third-order valence-electron chi connectivity index (χ3n) is 3.32. The minimum Gasteiger partial charge on any atom is -0.354 e. The van der Waals surface area contributed by atoms with E-state index in [-0.39, 0.29) is 18.2 Å². The van der Waals surface area contributed by atoms with Crippen LogP contribution < -0.4 is 5.32 Å². The van der Waals surface area contributed by atoms with Crippen LogP contribution in [0.5, 0.6) is 0 Å². The lowest BCUT2D eigenvalue weighted by molar-refractivity contribution is -0.123. The second kappa shape index (κ2) is 5.25. The largest absolute Gasteiger partial charge is 0.354 e. The summed E-state index contributed by atoms with van der Waals surface area (Å²) in [6, 6.07) is 7.71. The molecular formula is C13H16BrNO3S. The highest BCUT2D eigenvalue weighted by atomic mass is 79.9. The second-order valence-electron chi connectivity index (χ2n) is 4.98. The Kier molecular flexibility index (Phi) is 4.01. The molecule has 0 unspecified atom stereocenters. The molecule has 1 N–H and O–H groups in total. The molecule has 1 saturated carbocycles. The lowest BCUT2D eigenvalue weighted by Gasteiger charge is -2.15. The summed E-state index contributed by atoms with van der Waals surface area (Å²) in [7, 11) is -3.04. The van der Waals surface area contributed by atoms with Crippen molar-refractivity contribution in [1.82, 2.24) is 5.32 Å². The van der Waals surface area contributed by atoms with Crippen molar-refractivity contribution in [1.29, 1.82) is 0 Å². The minimum atomic E-state index is -3.04.